The predicted octanol–water partition coefficient (Wildman–Crippen LogP) is 4.40. The van der Waals surface area contributed by atoms with Crippen molar-refractivity contribution in [1.29, 1.82) is 5.26 Å². The average molecular weight is 443 g/mol. The molecule has 2 N–H and O–H groups in total. The Hall–Kier alpha value is -3.10. The molecule has 1 atom stereocenters. The molecule has 1 aliphatic heterocycles. The van der Waals surface area contributed by atoms with Crippen LogP contribution in [0, 0.1) is 11.3 Å². The number of carbonyl (C=O) groups excluding carboxylic acids is 1. The van der Waals surface area contributed by atoms with Crippen molar-refractivity contribution in [3.8, 4) is 6.07 Å². The van der Waals surface area contributed by atoms with Gasteiger partial charge in [0.1, 0.15) is 11.6 Å². The molecule has 1 saturated heterocycles. The Bertz CT molecular complexity index is 1020. The maximum absolute atomic E-state index is 12.7. The highest BCUT2D eigenvalue weighted by molar-refractivity contribution is 5.97. The van der Waals surface area contributed by atoms with Gasteiger partial charge in [0.25, 0.3) is 5.91 Å². The van der Waals surface area contributed by atoms with E-state index in [0.717, 1.165) is 50.9 Å². The first-order valence-electron chi connectivity index (χ1n) is 12.2. The largest absolute Gasteiger partial charge is 0.387 e. The number of nitrogens with zero attached hydrogens (tertiary/aromatic N) is 2. The summed E-state index contributed by atoms with van der Waals surface area (Å²) in [7, 11) is 0. The molecule has 1 aliphatic carbocycles. The number of amides is 1. The van der Waals surface area contributed by atoms with Crippen molar-refractivity contribution in [1.82, 2.24) is 15.5 Å². The van der Waals surface area contributed by atoms with E-state index in [1.165, 1.54) is 29.5 Å². The molecule has 1 fully saturated rings. The molecule has 0 spiro atoms. The number of fused-ring (bicyclic) bond motifs is 1. The zero-order valence-corrected chi connectivity index (χ0v) is 19.5. The van der Waals surface area contributed by atoms with Crippen LogP contribution in [0.4, 0.5) is 0 Å². The van der Waals surface area contributed by atoms with Crippen LogP contribution in [0.25, 0.3) is 0 Å². The van der Waals surface area contributed by atoms with Gasteiger partial charge < -0.3 is 10.6 Å². The highest BCUT2D eigenvalue weighted by Crippen LogP contribution is 2.25. The number of hydrogen-bond acceptors (Lipinski definition) is 4. The smallest absolute Gasteiger partial charge is 0.263 e. The van der Waals surface area contributed by atoms with Crippen molar-refractivity contribution in [2.75, 3.05) is 13.1 Å². The number of rotatable bonds is 7. The quantitative estimate of drug-likeness (QED) is 0.493. The normalized spacial score (nSPS) is 18.1. The molecule has 1 heterocycles. The van der Waals surface area contributed by atoms with Crippen LogP contribution in [0.1, 0.15) is 60.9 Å². The van der Waals surface area contributed by atoms with Crippen LogP contribution in [0.5, 0.6) is 0 Å². The minimum atomic E-state index is -0.322. The fourth-order valence-electron chi connectivity index (χ4n) is 4.83. The van der Waals surface area contributed by atoms with Gasteiger partial charge in [-0.15, -0.1) is 0 Å². The number of aryl methyl sites for hydroxylation is 2. The van der Waals surface area contributed by atoms with Crippen molar-refractivity contribution < 1.29 is 4.79 Å². The molecular weight excluding hydrogens is 408 g/mol. The summed E-state index contributed by atoms with van der Waals surface area (Å²) < 4.78 is 0. The summed E-state index contributed by atoms with van der Waals surface area (Å²) in [6, 6.07) is 19.3. The third kappa shape index (κ3) is 6.24. The number of nitrogens with one attached hydrogen (secondary N) is 2. The van der Waals surface area contributed by atoms with E-state index in [1.807, 2.05) is 13.0 Å². The molecule has 4 rings (SSSR count). The minimum Gasteiger partial charge on any atom is -0.387 e. The fourth-order valence-corrected chi connectivity index (χ4v) is 4.83. The van der Waals surface area contributed by atoms with Gasteiger partial charge in [0.05, 0.1) is 6.04 Å². The van der Waals surface area contributed by atoms with Gasteiger partial charge in [-0.2, -0.15) is 5.26 Å². The lowest BCUT2D eigenvalue weighted by molar-refractivity contribution is -0.117. The highest BCUT2D eigenvalue weighted by atomic mass is 16.1. The summed E-state index contributed by atoms with van der Waals surface area (Å²) in [5.74, 6) is -0.322. The van der Waals surface area contributed by atoms with Crippen molar-refractivity contribution >= 4 is 5.91 Å². The Morgan fingerprint density at radius 3 is 2.58 bits per heavy atom. The highest BCUT2D eigenvalue weighted by Gasteiger charge is 2.20. The average Bonchev–Trinajstić information content (AvgIpc) is 2.85. The molecule has 172 valence electrons. The fraction of sp³-hybridized carbons (Fsp3) is 0.429. The van der Waals surface area contributed by atoms with Crippen LogP contribution < -0.4 is 10.6 Å². The number of carbonyl (C=O) groups is 1. The second-order valence-corrected chi connectivity index (χ2v) is 9.30. The molecule has 1 amide bonds. The Morgan fingerprint density at radius 1 is 1.12 bits per heavy atom. The minimum absolute atomic E-state index is 0.131. The van der Waals surface area contributed by atoms with E-state index in [2.05, 4.69) is 64.1 Å². The van der Waals surface area contributed by atoms with Gasteiger partial charge in [0.15, 0.2) is 0 Å². The van der Waals surface area contributed by atoms with Gasteiger partial charge >= 0.3 is 0 Å². The van der Waals surface area contributed by atoms with Gasteiger partial charge in [0.2, 0.25) is 0 Å². The Balaban J connectivity index is 1.27. The third-order valence-electron chi connectivity index (χ3n) is 6.89. The summed E-state index contributed by atoms with van der Waals surface area (Å²) in [4.78, 5) is 15.2. The Morgan fingerprint density at radius 2 is 1.85 bits per heavy atom. The Kier molecular flexibility index (Phi) is 7.80. The van der Waals surface area contributed by atoms with Gasteiger partial charge in [-0.25, -0.2) is 0 Å². The summed E-state index contributed by atoms with van der Waals surface area (Å²) in [5.41, 5.74) is 5.39. The molecule has 0 aromatic heterocycles. The van der Waals surface area contributed by atoms with Crippen LogP contribution in [0.2, 0.25) is 0 Å². The predicted molar refractivity (Wildman–Crippen MR) is 131 cm³/mol. The lowest BCUT2D eigenvalue weighted by Gasteiger charge is -2.32. The maximum atomic E-state index is 12.7. The van der Waals surface area contributed by atoms with Gasteiger partial charge in [-0.3, -0.25) is 9.69 Å². The monoisotopic (exact) mass is 442 g/mol. The van der Waals surface area contributed by atoms with Crippen molar-refractivity contribution in [3.63, 3.8) is 0 Å². The second kappa shape index (κ2) is 11.2. The van der Waals surface area contributed by atoms with Gasteiger partial charge in [-0.1, -0.05) is 48.5 Å². The van der Waals surface area contributed by atoms with E-state index in [9.17, 15) is 10.1 Å². The molecule has 5 nitrogen and oxygen atoms in total. The van der Waals surface area contributed by atoms with Gasteiger partial charge in [-0.05, 0) is 67.7 Å². The zero-order chi connectivity index (χ0) is 23.0. The first kappa shape index (κ1) is 23.1. The van der Waals surface area contributed by atoms with Crippen molar-refractivity contribution in [2.45, 2.75) is 64.1 Å². The summed E-state index contributed by atoms with van der Waals surface area (Å²) in [6.07, 6.45) is 8.34. The van der Waals surface area contributed by atoms with Crippen molar-refractivity contribution in [3.05, 3.63) is 82.6 Å². The summed E-state index contributed by atoms with van der Waals surface area (Å²) >= 11 is 0. The number of likely N-dealkylation sites (tertiary alicyclic amines) is 1. The molecule has 33 heavy (non-hydrogen) atoms. The second-order valence-electron chi connectivity index (χ2n) is 9.30. The maximum Gasteiger partial charge on any atom is 0.263 e. The van der Waals surface area contributed by atoms with Crippen LogP contribution in [-0.4, -0.2) is 29.9 Å². The lowest BCUT2D eigenvalue weighted by Crippen LogP contribution is -2.40. The van der Waals surface area contributed by atoms with E-state index in [4.69, 9.17) is 0 Å². The first-order valence-corrected chi connectivity index (χ1v) is 12.2. The molecule has 2 aliphatic rings. The van der Waals surface area contributed by atoms with E-state index in [0.29, 0.717) is 0 Å². The number of hydrogen-bond donors (Lipinski definition) is 2. The summed E-state index contributed by atoms with van der Waals surface area (Å²) in [5, 5.41) is 15.9. The van der Waals surface area contributed by atoms with Crippen LogP contribution in [0.3, 0.4) is 0 Å². The van der Waals surface area contributed by atoms with E-state index >= 15 is 0 Å². The third-order valence-corrected chi connectivity index (χ3v) is 6.89. The molecule has 5 heteroatoms. The number of benzene rings is 2. The Labute approximate surface area is 197 Å². The molecule has 2 aromatic rings. The van der Waals surface area contributed by atoms with E-state index in [1.54, 1.807) is 6.20 Å². The standard InChI is InChI=1S/C28H34N4O/c1-21(24-12-11-23-9-5-6-10-25(23)17-24)31-28(33)26(18-29)19-30-27-13-15-32(16-14-27)20-22-7-3-2-4-8-22/h2-4,7-8,11-12,17,19,21,27,30H,5-6,9-10,13-16,20H2,1H3,(H,31,33)/b26-19-. The number of piperidine rings is 1. The van der Waals surface area contributed by atoms with Gasteiger partial charge in [0, 0.05) is 31.9 Å². The van der Waals surface area contributed by atoms with E-state index in [-0.39, 0.29) is 23.6 Å². The molecular formula is C28H34N4O. The molecule has 0 bridgehead atoms. The van der Waals surface area contributed by atoms with E-state index < -0.39 is 0 Å². The van der Waals surface area contributed by atoms with Crippen LogP contribution in [0.15, 0.2) is 60.3 Å². The molecule has 0 radical (unpaired) electrons. The SMILES string of the molecule is CC(NC(=O)/C(C#N)=C\NC1CCN(Cc2ccccc2)CC1)c1ccc2c(c1)CCCC2. The topological polar surface area (TPSA) is 68.2 Å². The lowest BCUT2D eigenvalue weighted by atomic mass is 9.89. The number of nitriles is 1. The molecule has 2 aromatic carbocycles. The van der Waals surface area contributed by atoms with Crippen molar-refractivity contribution in [2.24, 2.45) is 0 Å². The molecule has 0 saturated carbocycles. The molecule has 1 unspecified atom stereocenters. The zero-order valence-electron chi connectivity index (χ0n) is 19.5. The van der Waals surface area contributed by atoms with Crippen LogP contribution >= 0.6 is 0 Å². The first-order chi connectivity index (χ1) is 16.1. The van der Waals surface area contributed by atoms with Crippen LogP contribution in [-0.2, 0) is 24.2 Å². The summed E-state index contributed by atoms with van der Waals surface area (Å²) in [6.45, 7) is 4.96.